The standard InChI is InChI=1S/C12H14N6O/c1-8(2)7-10(14-16-13)12(19)18-11-6-4-3-5-9(11)15-17-18/h3-6,8,10H,7H2,1-2H3/t10-/m0/s1. The summed E-state index contributed by atoms with van der Waals surface area (Å²) in [5.74, 6) is -0.102. The molecule has 1 heterocycles. The predicted molar refractivity (Wildman–Crippen MR) is 70.5 cm³/mol. The highest BCUT2D eigenvalue weighted by molar-refractivity contribution is 5.91. The van der Waals surface area contributed by atoms with Gasteiger partial charge in [0, 0.05) is 4.91 Å². The molecule has 7 heteroatoms. The number of hydrogen-bond acceptors (Lipinski definition) is 4. The van der Waals surface area contributed by atoms with Gasteiger partial charge in [-0.05, 0) is 30.0 Å². The summed E-state index contributed by atoms with van der Waals surface area (Å²) in [4.78, 5) is 15.1. The first-order chi connectivity index (χ1) is 9.13. The molecule has 1 aromatic carbocycles. The van der Waals surface area contributed by atoms with Crippen LogP contribution in [0.3, 0.4) is 0 Å². The number of nitrogens with zero attached hydrogens (tertiary/aromatic N) is 6. The normalized spacial score (nSPS) is 12.4. The van der Waals surface area contributed by atoms with Crippen molar-refractivity contribution in [2.24, 2.45) is 11.0 Å². The van der Waals surface area contributed by atoms with Gasteiger partial charge in [-0.25, -0.2) is 0 Å². The second-order valence-corrected chi connectivity index (χ2v) is 4.68. The average Bonchev–Trinajstić information content (AvgIpc) is 2.80. The molecule has 0 spiro atoms. The van der Waals surface area contributed by atoms with Crippen molar-refractivity contribution >= 4 is 16.9 Å². The lowest BCUT2D eigenvalue weighted by Gasteiger charge is -2.12. The van der Waals surface area contributed by atoms with Crippen LogP contribution >= 0.6 is 0 Å². The molecular weight excluding hydrogens is 244 g/mol. The average molecular weight is 258 g/mol. The molecule has 0 aliphatic rings. The molecule has 0 aliphatic heterocycles. The summed E-state index contributed by atoms with van der Waals surface area (Å²) < 4.78 is 1.21. The van der Waals surface area contributed by atoms with Gasteiger partial charge in [0.2, 0.25) is 0 Å². The summed E-state index contributed by atoms with van der Waals surface area (Å²) in [6, 6.07) is 6.41. The van der Waals surface area contributed by atoms with Gasteiger partial charge < -0.3 is 0 Å². The first kappa shape index (κ1) is 13.0. The lowest BCUT2D eigenvalue weighted by atomic mass is 10.0. The van der Waals surface area contributed by atoms with Gasteiger partial charge in [0.05, 0.1) is 5.52 Å². The van der Waals surface area contributed by atoms with Crippen LogP contribution in [-0.4, -0.2) is 26.9 Å². The Kier molecular flexibility index (Phi) is 3.77. The summed E-state index contributed by atoms with van der Waals surface area (Å²) >= 11 is 0. The highest BCUT2D eigenvalue weighted by Crippen LogP contribution is 2.15. The van der Waals surface area contributed by atoms with Crippen LogP contribution in [0.25, 0.3) is 21.5 Å². The van der Waals surface area contributed by atoms with E-state index in [0.29, 0.717) is 17.5 Å². The Bertz CT molecular complexity index is 640. The van der Waals surface area contributed by atoms with Crippen molar-refractivity contribution in [3.63, 3.8) is 0 Å². The molecule has 0 saturated carbocycles. The molecule has 1 atom stereocenters. The van der Waals surface area contributed by atoms with Gasteiger partial charge in [-0.3, -0.25) is 4.79 Å². The molecule has 7 nitrogen and oxygen atoms in total. The van der Waals surface area contributed by atoms with E-state index in [-0.39, 0.29) is 11.8 Å². The number of aromatic nitrogens is 3. The first-order valence-corrected chi connectivity index (χ1v) is 6.02. The number of rotatable bonds is 4. The van der Waals surface area contributed by atoms with E-state index in [4.69, 9.17) is 5.53 Å². The molecule has 0 bridgehead atoms. The Morgan fingerprint density at radius 1 is 1.47 bits per heavy atom. The molecule has 0 N–H and O–H groups in total. The summed E-state index contributed by atoms with van der Waals surface area (Å²) in [5, 5.41) is 11.3. The summed E-state index contributed by atoms with van der Waals surface area (Å²) in [5.41, 5.74) is 9.83. The van der Waals surface area contributed by atoms with Gasteiger partial charge in [-0.15, -0.1) is 5.10 Å². The zero-order valence-electron chi connectivity index (χ0n) is 10.8. The van der Waals surface area contributed by atoms with E-state index in [1.165, 1.54) is 4.68 Å². The number of benzene rings is 1. The Labute approximate surface area is 109 Å². The molecule has 2 aromatic rings. The molecule has 0 radical (unpaired) electrons. The second kappa shape index (κ2) is 5.49. The zero-order valence-corrected chi connectivity index (χ0v) is 10.8. The molecule has 0 unspecified atom stereocenters. The number of carbonyl (C=O) groups excluding carboxylic acids is 1. The number of hydrogen-bond donors (Lipinski definition) is 0. The molecule has 2 rings (SSSR count). The van der Waals surface area contributed by atoms with Crippen LogP contribution in [-0.2, 0) is 0 Å². The van der Waals surface area contributed by atoms with Gasteiger partial charge >= 0.3 is 0 Å². The number of carbonyl (C=O) groups is 1. The van der Waals surface area contributed by atoms with Gasteiger partial charge in [0.1, 0.15) is 11.6 Å². The van der Waals surface area contributed by atoms with Crippen LogP contribution < -0.4 is 0 Å². The Hall–Kier alpha value is -2.40. The van der Waals surface area contributed by atoms with E-state index in [1.54, 1.807) is 18.2 Å². The van der Waals surface area contributed by atoms with Crippen molar-refractivity contribution in [1.82, 2.24) is 15.0 Å². The second-order valence-electron chi connectivity index (χ2n) is 4.68. The molecular formula is C12H14N6O. The highest BCUT2D eigenvalue weighted by atomic mass is 16.2. The fourth-order valence-corrected chi connectivity index (χ4v) is 1.88. The van der Waals surface area contributed by atoms with Gasteiger partial charge in [-0.2, -0.15) is 4.68 Å². The maximum absolute atomic E-state index is 12.3. The van der Waals surface area contributed by atoms with Gasteiger partial charge in [0.25, 0.3) is 5.91 Å². The van der Waals surface area contributed by atoms with E-state index < -0.39 is 6.04 Å². The minimum atomic E-state index is -0.755. The summed E-state index contributed by atoms with van der Waals surface area (Å²) in [6.45, 7) is 3.93. The zero-order chi connectivity index (χ0) is 13.8. The van der Waals surface area contributed by atoms with E-state index in [2.05, 4.69) is 20.3 Å². The molecule has 0 amide bonds. The largest absolute Gasteiger partial charge is 0.272 e. The molecule has 0 saturated heterocycles. The van der Waals surface area contributed by atoms with E-state index >= 15 is 0 Å². The highest BCUT2D eigenvalue weighted by Gasteiger charge is 2.22. The van der Waals surface area contributed by atoms with Crippen LogP contribution in [0, 0.1) is 5.92 Å². The Morgan fingerprint density at radius 2 is 2.21 bits per heavy atom. The van der Waals surface area contributed by atoms with Crippen LogP contribution in [0.4, 0.5) is 0 Å². The molecule has 1 aromatic heterocycles. The minimum absolute atomic E-state index is 0.245. The third-order valence-electron chi connectivity index (χ3n) is 2.73. The predicted octanol–water partition coefficient (Wildman–Crippen LogP) is 2.80. The molecule has 0 aliphatic carbocycles. The first-order valence-electron chi connectivity index (χ1n) is 6.02. The van der Waals surface area contributed by atoms with Crippen molar-refractivity contribution in [3.8, 4) is 0 Å². The Morgan fingerprint density at radius 3 is 2.89 bits per heavy atom. The molecule has 98 valence electrons. The monoisotopic (exact) mass is 258 g/mol. The van der Waals surface area contributed by atoms with Gasteiger partial charge in [-0.1, -0.05) is 36.3 Å². The van der Waals surface area contributed by atoms with Crippen molar-refractivity contribution in [1.29, 1.82) is 0 Å². The minimum Gasteiger partial charge on any atom is -0.272 e. The van der Waals surface area contributed by atoms with Crippen LogP contribution in [0.2, 0.25) is 0 Å². The van der Waals surface area contributed by atoms with E-state index in [9.17, 15) is 4.79 Å². The SMILES string of the molecule is CC(C)C[C@H](N=[N+]=[N-])C(=O)n1nnc2ccccc21. The fraction of sp³-hybridized carbons (Fsp3) is 0.417. The van der Waals surface area contributed by atoms with Crippen molar-refractivity contribution in [2.75, 3.05) is 0 Å². The number of azide groups is 1. The van der Waals surface area contributed by atoms with E-state index in [0.717, 1.165) is 0 Å². The Balaban J connectivity index is 2.38. The van der Waals surface area contributed by atoms with Gasteiger partial charge in [0.15, 0.2) is 0 Å². The van der Waals surface area contributed by atoms with Crippen molar-refractivity contribution < 1.29 is 4.79 Å². The maximum atomic E-state index is 12.3. The third kappa shape index (κ3) is 2.71. The third-order valence-corrected chi connectivity index (χ3v) is 2.73. The van der Waals surface area contributed by atoms with Crippen LogP contribution in [0.1, 0.15) is 25.1 Å². The van der Waals surface area contributed by atoms with E-state index in [1.807, 2.05) is 19.9 Å². The quantitative estimate of drug-likeness (QED) is 0.479. The fourth-order valence-electron chi connectivity index (χ4n) is 1.88. The van der Waals surface area contributed by atoms with Crippen molar-refractivity contribution in [2.45, 2.75) is 26.3 Å². The van der Waals surface area contributed by atoms with Crippen LogP contribution in [0.5, 0.6) is 0 Å². The number of para-hydroxylation sites is 1. The molecule has 19 heavy (non-hydrogen) atoms. The summed E-state index contributed by atoms with van der Waals surface area (Å²) in [7, 11) is 0. The summed E-state index contributed by atoms with van der Waals surface area (Å²) in [6.07, 6.45) is 0.483. The lowest BCUT2D eigenvalue weighted by molar-refractivity contribution is 0.0856. The molecule has 0 fully saturated rings. The smallest absolute Gasteiger partial charge is 0.257 e. The topological polar surface area (TPSA) is 96.5 Å². The maximum Gasteiger partial charge on any atom is 0.257 e. The van der Waals surface area contributed by atoms with Crippen LogP contribution in [0.15, 0.2) is 29.4 Å². The lowest BCUT2D eigenvalue weighted by Crippen LogP contribution is -2.27. The number of fused-ring (bicyclic) bond motifs is 1. The van der Waals surface area contributed by atoms with Crippen molar-refractivity contribution in [3.05, 3.63) is 34.7 Å².